The number of fused-ring (bicyclic) bond motifs is 1. The molecule has 1 aromatic carbocycles. The maximum Gasteiger partial charge on any atom is 0.332 e. The normalized spacial score (nSPS) is 12.4. The van der Waals surface area contributed by atoms with Gasteiger partial charge in [0, 0.05) is 13.1 Å². The van der Waals surface area contributed by atoms with Gasteiger partial charge in [-0.2, -0.15) is 0 Å². The van der Waals surface area contributed by atoms with Crippen molar-refractivity contribution in [2.24, 2.45) is 0 Å². The number of rotatable bonds is 10. The lowest BCUT2D eigenvalue weighted by Crippen LogP contribution is -2.44. The first-order valence-electron chi connectivity index (χ1n) is 10.1. The zero-order valence-electron chi connectivity index (χ0n) is 17.0. The van der Waals surface area contributed by atoms with E-state index in [0.29, 0.717) is 30.0 Å². The average molecular weight is 400 g/mol. The van der Waals surface area contributed by atoms with Crippen LogP contribution in [0, 0.1) is 0 Å². The molecule has 0 aliphatic rings. The standard InChI is InChI=1S/C21H28N4O4/c1-3-5-12-23-15-22-19-18(23)20(27)25(21(28)24(19)11-4-2)13-16(26)14-29-17-9-7-6-8-10-17/h6-10,15-16,26H,3-5,11-14H2,1-2H3/t16-/m0/s1. The first-order chi connectivity index (χ1) is 14.1. The van der Waals surface area contributed by atoms with Crippen LogP contribution in [-0.2, 0) is 19.6 Å². The monoisotopic (exact) mass is 400 g/mol. The quantitative estimate of drug-likeness (QED) is 0.562. The van der Waals surface area contributed by atoms with Crippen LogP contribution in [0.4, 0.5) is 0 Å². The maximum atomic E-state index is 13.1. The van der Waals surface area contributed by atoms with Crippen molar-refractivity contribution >= 4 is 11.2 Å². The third kappa shape index (κ3) is 4.59. The van der Waals surface area contributed by atoms with Gasteiger partial charge in [0.25, 0.3) is 5.56 Å². The Hall–Kier alpha value is -2.87. The average Bonchev–Trinajstić information content (AvgIpc) is 3.16. The van der Waals surface area contributed by atoms with Crippen LogP contribution in [-0.4, -0.2) is 36.5 Å². The summed E-state index contributed by atoms with van der Waals surface area (Å²) in [5, 5.41) is 10.4. The van der Waals surface area contributed by atoms with E-state index in [1.807, 2.05) is 25.1 Å². The van der Waals surface area contributed by atoms with E-state index < -0.39 is 17.4 Å². The minimum atomic E-state index is -1.000. The Kier molecular flexibility index (Phi) is 6.87. The van der Waals surface area contributed by atoms with Gasteiger partial charge < -0.3 is 14.4 Å². The highest BCUT2D eigenvalue weighted by Gasteiger charge is 2.19. The summed E-state index contributed by atoms with van der Waals surface area (Å²) in [4.78, 5) is 30.4. The Morgan fingerprint density at radius 2 is 1.83 bits per heavy atom. The smallest absolute Gasteiger partial charge is 0.332 e. The molecule has 0 saturated carbocycles. The molecule has 29 heavy (non-hydrogen) atoms. The van der Waals surface area contributed by atoms with Crippen LogP contribution in [0.5, 0.6) is 5.75 Å². The van der Waals surface area contributed by atoms with Crippen molar-refractivity contribution in [1.29, 1.82) is 0 Å². The number of imidazole rings is 1. The van der Waals surface area contributed by atoms with Crippen molar-refractivity contribution in [3.05, 3.63) is 57.5 Å². The molecule has 0 amide bonds. The van der Waals surface area contributed by atoms with Gasteiger partial charge in [-0.1, -0.05) is 38.5 Å². The molecular weight excluding hydrogens is 372 g/mol. The number of aliphatic hydroxyl groups is 1. The van der Waals surface area contributed by atoms with Gasteiger partial charge >= 0.3 is 5.69 Å². The number of hydrogen-bond donors (Lipinski definition) is 1. The number of hydrogen-bond acceptors (Lipinski definition) is 5. The second-order valence-electron chi connectivity index (χ2n) is 7.09. The summed E-state index contributed by atoms with van der Waals surface area (Å²) in [6.07, 6.45) is 3.24. The summed E-state index contributed by atoms with van der Waals surface area (Å²) < 4.78 is 9.97. The molecule has 1 atom stereocenters. The third-order valence-corrected chi connectivity index (χ3v) is 4.76. The highest BCUT2D eigenvalue weighted by atomic mass is 16.5. The summed E-state index contributed by atoms with van der Waals surface area (Å²) in [5.41, 5.74) is -0.0690. The van der Waals surface area contributed by atoms with Crippen LogP contribution in [0.2, 0.25) is 0 Å². The fourth-order valence-electron chi connectivity index (χ4n) is 3.30. The number of aliphatic hydroxyl groups excluding tert-OH is 1. The van der Waals surface area contributed by atoms with E-state index >= 15 is 0 Å². The van der Waals surface area contributed by atoms with E-state index in [2.05, 4.69) is 11.9 Å². The third-order valence-electron chi connectivity index (χ3n) is 4.76. The topological polar surface area (TPSA) is 91.3 Å². The molecule has 0 radical (unpaired) electrons. The van der Waals surface area contributed by atoms with E-state index in [1.54, 1.807) is 23.0 Å². The van der Waals surface area contributed by atoms with Gasteiger partial charge in [0.1, 0.15) is 18.5 Å². The summed E-state index contributed by atoms with van der Waals surface area (Å²) >= 11 is 0. The van der Waals surface area contributed by atoms with Crippen LogP contribution in [0.25, 0.3) is 11.2 Å². The van der Waals surface area contributed by atoms with E-state index in [0.717, 1.165) is 23.8 Å². The largest absolute Gasteiger partial charge is 0.491 e. The van der Waals surface area contributed by atoms with Crippen LogP contribution < -0.4 is 16.0 Å². The van der Waals surface area contributed by atoms with Crippen molar-refractivity contribution in [3.8, 4) is 5.75 Å². The number of para-hydroxylation sites is 1. The summed E-state index contributed by atoms with van der Waals surface area (Å²) in [6.45, 7) is 5.00. The van der Waals surface area contributed by atoms with Gasteiger partial charge in [0.05, 0.1) is 12.9 Å². The molecule has 8 nitrogen and oxygen atoms in total. The van der Waals surface area contributed by atoms with E-state index in [-0.39, 0.29) is 13.2 Å². The minimum Gasteiger partial charge on any atom is -0.491 e. The molecular formula is C21H28N4O4. The zero-order chi connectivity index (χ0) is 20.8. The predicted octanol–water partition coefficient (Wildman–Crippen LogP) is 2.01. The van der Waals surface area contributed by atoms with E-state index in [1.165, 1.54) is 4.57 Å². The van der Waals surface area contributed by atoms with Gasteiger partial charge in [-0.25, -0.2) is 9.78 Å². The lowest BCUT2D eigenvalue weighted by Gasteiger charge is -2.16. The molecule has 0 spiro atoms. The first kappa shape index (κ1) is 20.9. The Bertz CT molecular complexity index is 1050. The molecule has 2 heterocycles. The number of benzene rings is 1. The van der Waals surface area contributed by atoms with Crippen molar-refractivity contribution in [2.75, 3.05) is 6.61 Å². The molecule has 0 aliphatic carbocycles. The first-order valence-corrected chi connectivity index (χ1v) is 10.1. The SMILES string of the molecule is CCCCn1cnc2c1c(=O)n(C[C@H](O)COc1ccccc1)c(=O)n2CCC. The fourth-order valence-corrected chi connectivity index (χ4v) is 3.30. The summed E-state index contributed by atoms with van der Waals surface area (Å²) in [5.74, 6) is 0.621. The molecule has 0 aliphatic heterocycles. The summed E-state index contributed by atoms with van der Waals surface area (Å²) in [6, 6.07) is 9.11. The second kappa shape index (κ2) is 9.56. The van der Waals surface area contributed by atoms with Gasteiger partial charge in [0.2, 0.25) is 0 Å². The Morgan fingerprint density at radius 3 is 2.52 bits per heavy atom. The lowest BCUT2D eigenvalue weighted by atomic mass is 10.3. The van der Waals surface area contributed by atoms with E-state index in [9.17, 15) is 14.7 Å². The van der Waals surface area contributed by atoms with Crippen LogP contribution in [0.15, 0.2) is 46.2 Å². The molecule has 1 N–H and O–H groups in total. The highest BCUT2D eigenvalue weighted by molar-refractivity contribution is 5.70. The van der Waals surface area contributed by atoms with Crippen LogP contribution in [0.3, 0.4) is 0 Å². The van der Waals surface area contributed by atoms with Crippen LogP contribution >= 0.6 is 0 Å². The highest BCUT2D eigenvalue weighted by Crippen LogP contribution is 2.10. The molecule has 2 aromatic heterocycles. The number of ether oxygens (including phenoxy) is 1. The number of aromatic nitrogens is 4. The van der Waals surface area contributed by atoms with Crippen LogP contribution in [0.1, 0.15) is 33.1 Å². The van der Waals surface area contributed by atoms with Gasteiger partial charge in [-0.05, 0) is 25.0 Å². The Labute approximate surface area is 169 Å². The number of unbranched alkanes of at least 4 members (excludes halogenated alkanes) is 1. The summed E-state index contributed by atoms with van der Waals surface area (Å²) in [7, 11) is 0. The maximum absolute atomic E-state index is 13.1. The van der Waals surface area contributed by atoms with Gasteiger partial charge in [0.15, 0.2) is 11.2 Å². The minimum absolute atomic E-state index is 0.0171. The van der Waals surface area contributed by atoms with Crippen molar-refractivity contribution < 1.29 is 9.84 Å². The molecule has 3 rings (SSSR count). The van der Waals surface area contributed by atoms with Crippen molar-refractivity contribution in [3.63, 3.8) is 0 Å². The van der Waals surface area contributed by atoms with Gasteiger partial charge in [-0.15, -0.1) is 0 Å². The molecule has 8 heteroatoms. The molecule has 0 saturated heterocycles. The molecule has 0 bridgehead atoms. The lowest BCUT2D eigenvalue weighted by molar-refractivity contribution is 0.0901. The Morgan fingerprint density at radius 1 is 1.07 bits per heavy atom. The second-order valence-corrected chi connectivity index (χ2v) is 7.09. The van der Waals surface area contributed by atoms with E-state index in [4.69, 9.17) is 4.74 Å². The fraction of sp³-hybridized carbons (Fsp3) is 0.476. The Balaban J connectivity index is 1.93. The predicted molar refractivity (Wildman–Crippen MR) is 111 cm³/mol. The molecule has 0 unspecified atom stereocenters. The van der Waals surface area contributed by atoms with Crippen molar-refractivity contribution in [2.45, 2.75) is 58.8 Å². The molecule has 0 fully saturated rings. The molecule has 3 aromatic rings. The molecule has 156 valence electrons. The zero-order valence-corrected chi connectivity index (χ0v) is 17.0. The number of aryl methyl sites for hydroxylation is 2. The number of nitrogens with zero attached hydrogens (tertiary/aromatic N) is 4. The van der Waals surface area contributed by atoms with Gasteiger partial charge in [-0.3, -0.25) is 13.9 Å². The van der Waals surface area contributed by atoms with Crippen molar-refractivity contribution in [1.82, 2.24) is 18.7 Å².